The minimum atomic E-state index is -4.58. The number of rotatable bonds is 3. The highest BCUT2D eigenvalue weighted by molar-refractivity contribution is 6.63. The zero-order valence-corrected chi connectivity index (χ0v) is 15.5. The van der Waals surface area contributed by atoms with Crippen molar-refractivity contribution in [1.82, 2.24) is 0 Å². The molecule has 0 bridgehead atoms. The first-order valence-electron chi connectivity index (χ1n) is 8.56. The molecule has 1 aliphatic carbocycles. The third kappa shape index (κ3) is 3.25. The van der Waals surface area contributed by atoms with E-state index in [2.05, 4.69) is 0 Å². The predicted molar refractivity (Wildman–Crippen MR) is 90.5 cm³/mol. The van der Waals surface area contributed by atoms with E-state index in [1.54, 1.807) is 27.7 Å². The van der Waals surface area contributed by atoms with E-state index in [0.717, 1.165) is 0 Å². The van der Waals surface area contributed by atoms with Gasteiger partial charge in [0.25, 0.3) is 0 Å². The van der Waals surface area contributed by atoms with Gasteiger partial charge in [0.2, 0.25) is 0 Å². The summed E-state index contributed by atoms with van der Waals surface area (Å²) in [6, 6.07) is 2.48. The third-order valence-corrected chi connectivity index (χ3v) is 5.43. The third-order valence-electron chi connectivity index (χ3n) is 5.43. The largest absolute Gasteiger partial charge is 0.495 e. The first-order chi connectivity index (χ1) is 11.9. The summed E-state index contributed by atoms with van der Waals surface area (Å²) in [4.78, 5) is 12.0. The predicted octanol–water partition coefficient (Wildman–Crippen LogP) is 3.67. The number of carbonyl (C=O) groups is 1. The topological polar surface area (TPSA) is 44.8 Å². The minimum absolute atomic E-state index is 0.0760. The molecule has 0 N–H and O–H groups in total. The van der Waals surface area contributed by atoms with Gasteiger partial charge in [0.05, 0.1) is 29.4 Å². The average Bonchev–Trinajstić information content (AvgIpc) is 3.32. The van der Waals surface area contributed by atoms with Gasteiger partial charge in [-0.25, -0.2) is 4.79 Å². The lowest BCUT2D eigenvalue weighted by molar-refractivity contribution is -0.137. The summed E-state index contributed by atoms with van der Waals surface area (Å²) < 4.78 is 58.2. The maximum absolute atomic E-state index is 13.9. The SMILES string of the molecule is COC(=O)c1cc(B2OC(C)(C)C(C)(C)O2)c(C(F)(F)F)c(C2CC2)c1. The minimum Gasteiger partial charge on any atom is -0.465 e. The molecule has 1 saturated heterocycles. The molecule has 0 unspecified atom stereocenters. The van der Waals surface area contributed by atoms with Gasteiger partial charge in [-0.05, 0) is 69.6 Å². The number of benzene rings is 1. The van der Waals surface area contributed by atoms with Crippen molar-refractivity contribution in [3.63, 3.8) is 0 Å². The molecule has 2 aliphatic rings. The fourth-order valence-electron chi connectivity index (χ4n) is 3.12. The highest BCUT2D eigenvalue weighted by atomic mass is 19.4. The number of hydrogen-bond donors (Lipinski definition) is 0. The molecular weight excluding hydrogens is 348 g/mol. The highest BCUT2D eigenvalue weighted by Crippen LogP contribution is 2.46. The zero-order chi connectivity index (χ0) is 19.5. The van der Waals surface area contributed by atoms with Crippen LogP contribution in [0.5, 0.6) is 0 Å². The summed E-state index contributed by atoms with van der Waals surface area (Å²) in [5.74, 6) is -0.893. The van der Waals surface area contributed by atoms with E-state index >= 15 is 0 Å². The Morgan fingerprint density at radius 2 is 1.69 bits per heavy atom. The Kier molecular flexibility index (Phi) is 4.43. The Bertz CT molecular complexity index is 723. The molecule has 0 amide bonds. The van der Waals surface area contributed by atoms with Crippen molar-refractivity contribution < 1.29 is 32.0 Å². The fraction of sp³-hybridized carbons (Fsp3) is 0.611. The molecule has 4 nitrogen and oxygen atoms in total. The Morgan fingerprint density at radius 3 is 2.12 bits per heavy atom. The summed E-state index contributed by atoms with van der Waals surface area (Å²) in [5.41, 5.74) is -2.31. The average molecular weight is 370 g/mol. The molecule has 3 rings (SSSR count). The zero-order valence-electron chi connectivity index (χ0n) is 15.5. The van der Waals surface area contributed by atoms with Crippen LogP contribution in [-0.4, -0.2) is 31.4 Å². The molecule has 1 saturated carbocycles. The number of alkyl halides is 3. The monoisotopic (exact) mass is 370 g/mol. The van der Waals surface area contributed by atoms with Crippen molar-refractivity contribution in [3.05, 3.63) is 28.8 Å². The Hall–Kier alpha value is -1.54. The van der Waals surface area contributed by atoms with E-state index in [0.29, 0.717) is 12.8 Å². The van der Waals surface area contributed by atoms with Gasteiger partial charge in [-0.3, -0.25) is 0 Å². The number of halogens is 3. The van der Waals surface area contributed by atoms with E-state index in [1.165, 1.54) is 19.2 Å². The Labute approximate surface area is 151 Å². The van der Waals surface area contributed by atoms with E-state index in [1.807, 2.05) is 0 Å². The summed E-state index contributed by atoms with van der Waals surface area (Å²) in [6.45, 7) is 7.08. The van der Waals surface area contributed by atoms with Crippen LogP contribution >= 0.6 is 0 Å². The molecule has 1 aliphatic heterocycles. The van der Waals surface area contributed by atoms with Crippen LogP contribution in [0.4, 0.5) is 13.2 Å². The molecule has 1 aromatic rings. The van der Waals surface area contributed by atoms with Gasteiger partial charge in [0.1, 0.15) is 0 Å². The maximum Gasteiger partial charge on any atom is 0.495 e. The van der Waals surface area contributed by atoms with Crippen LogP contribution < -0.4 is 5.46 Å². The van der Waals surface area contributed by atoms with Crippen molar-refractivity contribution >= 4 is 18.6 Å². The number of carbonyl (C=O) groups excluding carboxylic acids is 1. The van der Waals surface area contributed by atoms with E-state index in [-0.39, 0.29) is 22.5 Å². The Morgan fingerprint density at radius 1 is 1.15 bits per heavy atom. The molecule has 0 atom stereocenters. The van der Waals surface area contributed by atoms with Crippen molar-refractivity contribution in [2.24, 2.45) is 0 Å². The van der Waals surface area contributed by atoms with Gasteiger partial charge in [0, 0.05) is 0 Å². The fourth-order valence-corrected chi connectivity index (χ4v) is 3.12. The van der Waals surface area contributed by atoms with Crippen LogP contribution in [0, 0.1) is 0 Å². The lowest BCUT2D eigenvalue weighted by Crippen LogP contribution is -2.41. The van der Waals surface area contributed by atoms with Gasteiger partial charge in [0.15, 0.2) is 0 Å². The molecule has 142 valence electrons. The quantitative estimate of drug-likeness (QED) is 0.602. The number of hydrogen-bond acceptors (Lipinski definition) is 4. The van der Waals surface area contributed by atoms with Crippen molar-refractivity contribution in [3.8, 4) is 0 Å². The van der Waals surface area contributed by atoms with Crippen LogP contribution in [0.25, 0.3) is 0 Å². The summed E-state index contributed by atoms with van der Waals surface area (Å²) in [6.07, 6.45) is -3.25. The van der Waals surface area contributed by atoms with Crippen LogP contribution in [0.2, 0.25) is 0 Å². The molecule has 8 heteroatoms. The lowest BCUT2D eigenvalue weighted by Gasteiger charge is -2.32. The second-order valence-electron chi connectivity index (χ2n) is 7.88. The molecule has 1 heterocycles. The van der Waals surface area contributed by atoms with Gasteiger partial charge in [-0.2, -0.15) is 13.2 Å². The van der Waals surface area contributed by atoms with Gasteiger partial charge < -0.3 is 14.0 Å². The van der Waals surface area contributed by atoms with Gasteiger partial charge >= 0.3 is 19.3 Å². The molecule has 26 heavy (non-hydrogen) atoms. The maximum atomic E-state index is 13.9. The van der Waals surface area contributed by atoms with E-state index < -0.39 is 36.0 Å². The first kappa shape index (κ1) is 19.2. The second kappa shape index (κ2) is 5.99. The number of esters is 1. The van der Waals surface area contributed by atoms with Crippen LogP contribution in [0.3, 0.4) is 0 Å². The lowest BCUT2D eigenvalue weighted by atomic mass is 9.73. The van der Waals surface area contributed by atoms with Crippen molar-refractivity contribution in [1.29, 1.82) is 0 Å². The van der Waals surface area contributed by atoms with Gasteiger partial charge in [-0.15, -0.1) is 0 Å². The van der Waals surface area contributed by atoms with Crippen LogP contribution in [0.1, 0.15) is 67.9 Å². The molecule has 0 radical (unpaired) electrons. The molecule has 2 fully saturated rings. The van der Waals surface area contributed by atoms with Crippen molar-refractivity contribution in [2.75, 3.05) is 7.11 Å². The summed E-state index contributed by atoms with van der Waals surface area (Å²) in [7, 11) is -0.00984. The molecule has 0 aromatic heterocycles. The number of methoxy groups -OCH3 is 1. The first-order valence-corrected chi connectivity index (χ1v) is 8.56. The standard InChI is InChI=1S/C18H22BF3O4/c1-16(2)17(3,4)26-19(25-16)13-9-11(15(23)24-5)8-12(10-6-7-10)14(13)18(20,21)22/h8-10H,6-7H2,1-5H3. The normalized spacial score (nSPS) is 21.8. The molecular formula is C18H22BF3O4. The van der Waals surface area contributed by atoms with Crippen LogP contribution in [0.15, 0.2) is 12.1 Å². The van der Waals surface area contributed by atoms with Crippen molar-refractivity contribution in [2.45, 2.75) is 63.8 Å². The highest BCUT2D eigenvalue weighted by Gasteiger charge is 2.54. The van der Waals surface area contributed by atoms with Gasteiger partial charge in [-0.1, -0.05) is 0 Å². The van der Waals surface area contributed by atoms with E-state index in [9.17, 15) is 18.0 Å². The second-order valence-corrected chi connectivity index (χ2v) is 7.88. The summed E-state index contributed by atoms with van der Waals surface area (Å²) in [5, 5.41) is 0. The molecule has 1 aromatic carbocycles. The summed E-state index contributed by atoms with van der Waals surface area (Å²) >= 11 is 0. The smallest absolute Gasteiger partial charge is 0.465 e. The Balaban J connectivity index is 2.19. The number of ether oxygens (including phenoxy) is 1. The molecule has 0 spiro atoms. The van der Waals surface area contributed by atoms with E-state index in [4.69, 9.17) is 14.0 Å². The van der Waals surface area contributed by atoms with Crippen LogP contribution in [-0.2, 0) is 20.2 Å².